The van der Waals surface area contributed by atoms with Gasteiger partial charge in [0.25, 0.3) is 0 Å². The Kier molecular flexibility index (Phi) is 3.34. The van der Waals surface area contributed by atoms with Gasteiger partial charge in [-0.25, -0.2) is 4.39 Å². The number of rotatable bonds is 2. The van der Waals surface area contributed by atoms with Crippen molar-refractivity contribution in [3.8, 4) is 0 Å². The Balaban J connectivity index is 2.00. The van der Waals surface area contributed by atoms with E-state index in [1.54, 1.807) is 18.2 Å². The van der Waals surface area contributed by atoms with Gasteiger partial charge in [-0.1, -0.05) is 12.1 Å². The van der Waals surface area contributed by atoms with Crippen LogP contribution in [0.5, 0.6) is 0 Å². The number of nitrogens with zero attached hydrogens (tertiary/aromatic N) is 1. The SMILES string of the molecule is O=C(/C=C/c1cccc(F)c1)N1CCCC1. The van der Waals surface area contributed by atoms with Crippen LogP contribution < -0.4 is 0 Å². The van der Waals surface area contributed by atoms with Crippen LogP contribution in [0.15, 0.2) is 30.3 Å². The van der Waals surface area contributed by atoms with Crippen LogP contribution in [0, 0.1) is 5.82 Å². The van der Waals surface area contributed by atoms with E-state index >= 15 is 0 Å². The molecule has 0 spiro atoms. The van der Waals surface area contributed by atoms with Crippen molar-refractivity contribution in [1.29, 1.82) is 0 Å². The van der Waals surface area contributed by atoms with Crippen molar-refractivity contribution in [2.75, 3.05) is 13.1 Å². The minimum absolute atomic E-state index is 0.0155. The van der Waals surface area contributed by atoms with Crippen LogP contribution in [0.25, 0.3) is 6.08 Å². The van der Waals surface area contributed by atoms with E-state index in [2.05, 4.69) is 0 Å². The molecule has 0 N–H and O–H groups in total. The van der Waals surface area contributed by atoms with Gasteiger partial charge in [-0.05, 0) is 36.6 Å². The zero-order chi connectivity index (χ0) is 11.4. The van der Waals surface area contributed by atoms with Crippen LogP contribution in [0.4, 0.5) is 4.39 Å². The molecule has 0 aromatic heterocycles. The van der Waals surface area contributed by atoms with Crippen molar-refractivity contribution in [1.82, 2.24) is 4.90 Å². The van der Waals surface area contributed by atoms with Crippen LogP contribution in [0.1, 0.15) is 18.4 Å². The van der Waals surface area contributed by atoms with Crippen LogP contribution in [0.2, 0.25) is 0 Å². The lowest BCUT2D eigenvalue weighted by atomic mass is 10.2. The first kappa shape index (κ1) is 10.9. The van der Waals surface area contributed by atoms with Gasteiger partial charge in [-0.15, -0.1) is 0 Å². The Morgan fingerprint density at radius 1 is 1.31 bits per heavy atom. The average molecular weight is 219 g/mol. The van der Waals surface area contributed by atoms with E-state index in [9.17, 15) is 9.18 Å². The Morgan fingerprint density at radius 3 is 2.75 bits per heavy atom. The molecule has 1 aliphatic rings. The molecule has 0 radical (unpaired) electrons. The standard InChI is InChI=1S/C13H14FNO/c14-12-5-3-4-11(10-12)6-7-13(16)15-8-1-2-9-15/h3-7,10H,1-2,8-9H2/b7-6+. The number of hydrogen-bond donors (Lipinski definition) is 0. The highest BCUT2D eigenvalue weighted by atomic mass is 19.1. The molecule has 2 nitrogen and oxygen atoms in total. The smallest absolute Gasteiger partial charge is 0.246 e. The molecule has 0 saturated carbocycles. The number of carbonyl (C=O) groups excluding carboxylic acids is 1. The van der Waals surface area contributed by atoms with Gasteiger partial charge in [-0.2, -0.15) is 0 Å². The quantitative estimate of drug-likeness (QED) is 0.700. The zero-order valence-corrected chi connectivity index (χ0v) is 9.03. The molecule has 0 atom stereocenters. The maximum atomic E-state index is 12.9. The summed E-state index contributed by atoms with van der Waals surface area (Å²) in [5, 5.41) is 0. The zero-order valence-electron chi connectivity index (χ0n) is 9.03. The summed E-state index contributed by atoms with van der Waals surface area (Å²) in [5.74, 6) is -0.266. The van der Waals surface area contributed by atoms with Gasteiger partial charge in [0.1, 0.15) is 5.82 Å². The van der Waals surface area contributed by atoms with Crippen LogP contribution in [-0.4, -0.2) is 23.9 Å². The second-order valence-electron chi connectivity index (χ2n) is 3.92. The maximum Gasteiger partial charge on any atom is 0.246 e. The summed E-state index contributed by atoms with van der Waals surface area (Å²) in [7, 11) is 0. The van der Waals surface area contributed by atoms with Gasteiger partial charge in [0.05, 0.1) is 0 Å². The fourth-order valence-corrected chi connectivity index (χ4v) is 1.82. The lowest BCUT2D eigenvalue weighted by molar-refractivity contribution is -0.124. The number of amides is 1. The summed E-state index contributed by atoms with van der Waals surface area (Å²) in [6.07, 6.45) is 5.34. The molecular formula is C13H14FNO. The second-order valence-corrected chi connectivity index (χ2v) is 3.92. The Morgan fingerprint density at radius 2 is 2.06 bits per heavy atom. The van der Waals surface area contributed by atoms with Gasteiger partial charge < -0.3 is 4.90 Å². The molecule has 1 aromatic rings. The molecule has 84 valence electrons. The fraction of sp³-hybridized carbons (Fsp3) is 0.308. The first-order chi connectivity index (χ1) is 7.75. The van der Waals surface area contributed by atoms with Crippen molar-refractivity contribution in [3.63, 3.8) is 0 Å². The van der Waals surface area contributed by atoms with E-state index in [1.165, 1.54) is 18.2 Å². The monoisotopic (exact) mass is 219 g/mol. The Labute approximate surface area is 94.4 Å². The predicted octanol–water partition coefficient (Wildman–Crippen LogP) is 2.46. The molecule has 1 aliphatic heterocycles. The third kappa shape index (κ3) is 2.69. The first-order valence-corrected chi connectivity index (χ1v) is 5.48. The first-order valence-electron chi connectivity index (χ1n) is 5.48. The highest BCUT2D eigenvalue weighted by Gasteiger charge is 2.14. The highest BCUT2D eigenvalue weighted by molar-refractivity contribution is 5.91. The van der Waals surface area contributed by atoms with Gasteiger partial charge >= 0.3 is 0 Å². The number of benzene rings is 1. The molecule has 1 heterocycles. The van der Waals surface area contributed by atoms with Crippen molar-refractivity contribution >= 4 is 12.0 Å². The average Bonchev–Trinajstić information content (AvgIpc) is 2.79. The van der Waals surface area contributed by atoms with Crippen molar-refractivity contribution in [2.45, 2.75) is 12.8 Å². The van der Waals surface area contributed by atoms with E-state index < -0.39 is 0 Å². The molecule has 0 bridgehead atoms. The Hall–Kier alpha value is -1.64. The van der Waals surface area contributed by atoms with E-state index in [4.69, 9.17) is 0 Å². The van der Waals surface area contributed by atoms with E-state index in [-0.39, 0.29) is 11.7 Å². The second kappa shape index (κ2) is 4.92. The van der Waals surface area contributed by atoms with E-state index in [1.807, 2.05) is 4.90 Å². The molecule has 0 unspecified atom stereocenters. The van der Waals surface area contributed by atoms with Gasteiger partial charge in [0.2, 0.25) is 5.91 Å². The van der Waals surface area contributed by atoms with Crippen LogP contribution >= 0.6 is 0 Å². The summed E-state index contributed by atoms with van der Waals surface area (Å²) in [5.41, 5.74) is 0.715. The molecular weight excluding hydrogens is 205 g/mol. The molecule has 1 fully saturated rings. The summed E-state index contributed by atoms with van der Waals surface area (Å²) < 4.78 is 12.9. The van der Waals surface area contributed by atoms with Crippen LogP contribution in [0.3, 0.4) is 0 Å². The lowest BCUT2D eigenvalue weighted by Gasteiger charge is -2.11. The molecule has 3 heteroatoms. The number of halogens is 1. The van der Waals surface area contributed by atoms with Gasteiger partial charge in [0.15, 0.2) is 0 Å². The van der Waals surface area contributed by atoms with Crippen molar-refractivity contribution in [2.24, 2.45) is 0 Å². The molecule has 16 heavy (non-hydrogen) atoms. The molecule has 0 aliphatic carbocycles. The third-order valence-corrected chi connectivity index (χ3v) is 2.68. The third-order valence-electron chi connectivity index (χ3n) is 2.68. The van der Waals surface area contributed by atoms with E-state index in [0.717, 1.165) is 25.9 Å². The molecule has 2 rings (SSSR count). The number of likely N-dealkylation sites (tertiary alicyclic amines) is 1. The van der Waals surface area contributed by atoms with Gasteiger partial charge in [0, 0.05) is 19.2 Å². The van der Waals surface area contributed by atoms with E-state index in [0.29, 0.717) is 5.56 Å². The summed E-state index contributed by atoms with van der Waals surface area (Å²) >= 11 is 0. The number of hydrogen-bond acceptors (Lipinski definition) is 1. The highest BCUT2D eigenvalue weighted by Crippen LogP contribution is 2.10. The van der Waals surface area contributed by atoms with Crippen LogP contribution in [-0.2, 0) is 4.79 Å². The minimum Gasteiger partial charge on any atom is -0.339 e. The maximum absolute atomic E-state index is 12.9. The van der Waals surface area contributed by atoms with Crippen molar-refractivity contribution < 1.29 is 9.18 Å². The molecule has 1 saturated heterocycles. The summed E-state index contributed by atoms with van der Waals surface area (Å²) in [6, 6.07) is 6.21. The summed E-state index contributed by atoms with van der Waals surface area (Å²) in [6.45, 7) is 1.68. The number of carbonyl (C=O) groups is 1. The lowest BCUT2D eigenvalue weighted by Crippen LogP contribution is -2.25. The molecule has 1 aromatic carbocycles. The topological polar surface area (TPSA) is 20.3 Å². The molecule has 1 amide bonds. The Bertz CT molecular complexity index is 408. The largest absolute Gasteiger partial charge is 0.339 e. The predicted molar refractivity (Wildman–Crippen MR) is 61.2 cm³/mol. The normalized spacial score (nSPS) is 15.9. The fourth-order valence-electron chi connectivity index (χ4n) is 1.82. The summed E-state index contributed by atoms with van der Waals surface area (Å²) in [4.78, 5) is 13.5. The minimum atomic E-state index is -0.282. The van der Waals surface area contributed by atoms with Gasteiger partial charge in [-0.3, -0.25) is 4.79 Å². The van der Waals surface area contributed by atoms with Crippen molar-refractivity contribution in [3.05, 3.63) is 41.7 Å².